The highest BCUT2D eigenvalue weighted by atomic mass is 35.5. The maximum atomic E-state index is 11.6. The Kier molecular flexibility index (Phi) is 4.49. The van der Waals surface area contributed by atoms with E-state index in [2.05, 4.69) is 15.3 Å². The third-order valence-corrected chi connectivity index (χ3v) is 2.62. The van der Waals surface area contributed by atoms with Crippen LogP contribution in [-0.4, -0.2) is 15.9 Å². The van der Waals surface area contributed by atoms with Crippen molar-refractivity contribution in [3.05, 3.63) is 58.3 Å². The molecule has 1 amide bonds. The van der Waals surface area contributed by atoms with Crippen molar-refractivity contribution in [2.24, 2.45) is 0 Å². The fraction of sp³-hybridized carbons (Fsp3) is 0. The third-order valence-electron chi connectivity index (χ3n) is 2.15. The van der Waals surface area contributed by atoms with Crippen LogP contribution < -0.4 is 5.32 Å². The summed E-state index contributed by atoms with van der Waals surface area (Å²) in [7, 11) is 0. The maximum absolute atomic E-state index is 11.6. The highest BCUT2D eigenvalue weighted by molar-refractivity contribution is 6.30. The molecule has 0 saturated heterocycles. The van der Waals surface area contributed by atoms with Crippen LogP contribution in [0.4, 0.5) is 5.95 Å². The van der Waals surface area contributed by atoms with Crippen LogP contribution in [0.3, 0.4) is 0 Å². The smallest absolute Gasteiger partial charge is 0.250 e. The van der Waals surface area contributed by atoms with Gasteiger partial charge in [0.2, 0.25) is 5.95 Å². The van der Waals surface area contributed by atoms with Crippen molar-refractivity contribution in [1.29, 1.82) is 0 Å². The van der Waals surface area contributed by atoms with Crippen LogP contribution in [0.5, 0.6) is 0 Å². The van der Waals surface area contributed by atoms with Crippen LogP contribution >= 0.6 is 23.2 Å². The van der Waals surface area contributed by atoms with Crippen molar-refractivity contribution in [3.8, 4) is 0 Å². The molecule has 0 spiro atoms. The van der Waals surface area contributed by atoms with E-state index in [-0.39, 0.29) is 17.0 Å². The van der Waals surface area contributed by atoms with E-state index in [0.717, 1.165) is 5.56 Å². The Balaban J connectivity index is 1.99. The van der Waals surface area contributed by atoms with Gasteiger partial charge in [-0.2, -0.15) is 0 Å². The number of aromatic nitrogens is 2. The van der Waals surface area contributed by atoms with Crippen LogP contribution in [0.1, 0.15) is 5.56 Å². The van der Waals surface area contributed by atoms with Gasteiger partial charge in [0.1, 0.15) is 5.15 Å². The van der Waals surface area contributed by atoms with Crippen LogP contribution in [0.2, 0.25) is 10.2 Å². The van der Waals surface area contributed by atoms with E-state index in [4.69, 9.17) is 23.2 Å². The van der Waals surface area contributed by atoms with Gasteiger partial charge in [-0.1, -0.05) is 35.3 Å². The van der Waals surface area contributed by atoms with Crippen molar-refractivity contribution in [2.75, 3.05) is 5.32 Å². The normalized spacial score (nSPS) is 10.6. The van der Waals surface area contributed by atoms with E-state index in [9.17, 15) is 4.79 Å². The molecule has 2 rings (SSSR count). The Morgan fingerprint density at radius 2 is 1.89 bits per heavy atom. The molecule has 1 aromatic carbocycles. The summed E-state index contributed by atoms with van der Waals surface area (Å²) in [6.07, 6.45) is 4.51. The molecule has 1 N–H and O–H groups in total. The minimum absolute atomic E-state index is 0.165. The zero-order valence-corrected chi connectivity index (χ0v) is 11.2. The molecule has 0 atom stereocenters. The van der Waals surface area contributed by atoms with E-state index >= 15 is 0 Å². The minimum atomic E-state index is -0.336. The lowest BCUT2D eigenvalue weighted by Gasteiger charge is -1.99. The van der Waals surface area contributed by atoms with Gasteiger partial charge in [0, 0.05) is 17.3 Å². The van der Waals surface area contributed by atoms with Crippen molar-refractivity contribution in [2.45, 2.75) is 0 Å². The molecule has 1 aromatic heterocycles. The predicted molar refractivity (Wildman–Crippen MR) is 76.2 cm³/mol. The first-order valence-corrected chi connectivity index (χ1v) is 6.12. The van der Waals surface area contributed by atoms with Crippen LogP contribution in [0.15, 0.2) is 42.6 Å². The molecule has 2 aromatic rings. The molecular formula is C13H9Cl2N3O. The van der Waals surface area contributed by atoms with Gasteiger partial charge in [-0.15, -0.1) is 0 Å². The van der Waals surface area contributed by atoms with Crippen molar-refractivity contribution >= 4 is 41.1 Å². The summed E-state index contributed by atoms with van der Waals surface area (Å²) in [5, 5.41) is 3.42. The molecule has 4 nitrogen and oxygen atoms in total. The summed E-state index contributed by atoms with van der Waals surface area (Å²) >= 11 is 11.4. The number of carbonyl (C=O) groups is 1. The van der Waals surface area contributed by atoms with Crippen LogP contribution in [-0.2, 0) is 4.79 Å². The minimum Gasteiger partial charge on any atom is -0.291 e. The zero-order valence-electron chi connectivity index (χ0n) is 9.68. The monoisotopic (exact) mass is 293 g/mol. The number of nitrogens with zero attached hydrogens (tertiary/aromatic N) is 2. The van der Waals surface area contributed by atoms with Crippen molar-refractivity contribution in [3.63, 3.8) is 0 Å². The number of halogens is 2. The van der Waals surface area contributed by atoms with Gasteiger partial charge in [0.15, 0.2) is 0 Å². The summed E-state index contributed by atoms with van der Waals surface area (Å²) in [5.41, 5.74) is 0.867. The average molecular weight is 294 g/mol. The Morgan fingerprint density at radius 3 is 2.58 bits per heavy atom. The molecule has 0 bridgehead atoms. The standard InChI is InChI=1S/C13H9Cl2N3O/c14-10-4-1-9(2-5-10)3-6-12(19)18-13-16-8-7-11(15)17-13/h1-8H,(H,16,17,18,19)/b6-3+. The lowest BCUT2D eigenvalue weighted by molar-refractivity contribution is -0.111. The van der Waals surface area contributed by atoms with Gasteiger partial charge in [0.25, 0.3) is 5.91 Å². The highest BCUT2D eigenvalue weighted by Gasteiger charge is 2.01. The number of benzene rings is 1. The first-order chi connectivity index (χ1) is 9.13. The maximum Gasteiger partial charge on any atom is 0.250 e. The molecule has 0 radical (unpaired) electrons. The lowest BCUT2D eigenvalue weighted by Crippen LogP contribution is -2.10. The van der Waals surface area contributed by atoms with Gasteiger partial charge in [0.05, 0.1) is 0 Å². The van der Waals surface area contributed by atoms with Crippen LogP contribution in [0, 0.1) is 0 Å². The molecule has 0 aliphatic rings. The summed E-state index contributed by atoms with van der Waals surface area (Å²) in [6, 6.07) is 8.64. The fourth-order valence-corrected chi connectivity index (χ4v) is 1.56. The number of nitrogens with one attached hydrogen (secondary N) is 1. The summed E-state index contributed by atoms with van der Waals surface area (Å²) < 4.78 is 0. The summed E-state index contributed by atoms with van der Waals surface area (Å²) in [6.45, 7) is 0. The first kappa shape index (κ1) is 13.5. The molecule has 19 heavy (non-hydrogen) atoms. The van der Waals surface area contributed by atoms with Gasteiger partial charge in [-0.3, -0.25) is 10.1 Å². The molecule has 0 aliphatic heterocycles. The average Bonchev–Trinajstić information content (AvgIpc) is 2.38. The summed E-state index contributed by atoms with van der Waals surface area (Å²) in [4.78, 5) is 19.3. The quantitative estimate of drug-likeness (QED) is 0.697. The van der Waals surface area contributed by atoms with E-state index in [1.807, 2.05) is 12.1 Å². The van der Waals surface area contributed by atoms with Crippen molar-refractivity contribution in [1.82, 2.24) is 9.97 Å². The second-order valence-electron chi connectivity index (χ2n) is 3.58. The molecule has 0 unspecified atom stereocenters. The second-order valence-corrected chi connectivity index (χ2v) is 4.40. The van der Waals surface area contributed by atoms with E-state index in [1.165, 1.54) is 18.3 Å². The topological polar surface area (TPSA) is 54.9 Å². The van der Waals surface area contributed by atoms with Crippen LogP contribution in [0.25, 0.3) is 6.08 Å². The third kappa shape index (κ3) is 4.35. The number of hydrogen-bond acceptors (Lipinski definition) is 3. The zero-order chi connectivity index (χ0) is 13.7. The van der Waals surface area contributed by atoms with Gasteiger partial charge >= 0.3 is 0 Å². The molecule has 6 heteroatoms. The van der Waals surface area contributed by atoms with Gasteiger partial charge in [-0.25, -0.2) is 9.97 Å². The summed E-state index contributed by atoms with van der Waals surface area (Å²) in [5.74, 6) is -0.171. The van der Waals surface area contributed by atoms with Gasteiger partial charge < -0.3 is 0 Å². The Bertz CT molecular complexity index is 612. The molecule has 0 aliphatic carbocycles. The van der Waals surface area contributed by atoms with Gasteiger partial charge in [-0.05, 0) is 29.8 Å². The molecule has 1 heterocycles. The largest absolute Gasteiger partial charge is 0.291 e. The molecule has 96 valence electrons. The number of rotatable bonds is 3. The molecule has 0 saturated carbocycles. The Hall–Kier alpha value is -1.91. The second kappa shape index (κ2) is 6.31. The SMILES string of the molecule is O=C(/C=C/c1ccc(Cl)cc1)Nc1nccc(Cl)n1. The predicted octanol–water partition coefficient (Wildman–Crippen LogP) is 3.44. The fourth-order valence-electron chi connectivity index (χ4n) is 1.29. The van der Waals surface area contributed by atoms with E-state index in [0.29, 0.717) is 5.02 Å². The number of anilines is 1. The Labute approximate surface area is 120 Å². The highest BCUT2D eigenvalue weighted by Crippen LogP contribution is 2.11. The Morgan fingerprint density at radius 1 is 1.16 bits per heavy atom. The molecule has 0 fully saturated rings. The lowest BCUT2D eigenvalue weighted by atomic mass is 10.2. The number of amides is 1. The van der Waals surface area contributed by atoms with Crippen molar-refractivity contribution < 1.29 is 4.79 Å². The molecular weight excluding hydrogens is 285 g/mol. The first-order valence-electron chi connectivity index (χ1n) is 5.37. The van der Waals surface area contributed by atoms with E-state index in [1.54, 1.807) is 18.2 Å². The number of hydrogen-bond donors (Lipinski definition) is 1. The number of carbonyl (C=O) groups excluding carboxylic acids is 1. The van der Waals surface area contributed by atoms with E-state index < -0.39 is 0 Å².